The summed E-state index contributed by atoms with van der Waals surface area (Å²) < 4.78 is 20.8. The minimum atomic E-state index is -0.877. The molecule has 0 aliphatic carbocycles. The lowest BCUT2D eigenvalue weighted by Gasteiger charge is -2.15. The van der Waals surface area contributed by atoms with Crippen LogP contribution in [0.1, 0.15) is 22.0 Å². The Labute approximate surface area is 145 Å². The van der Waals surface area contributed by atoms with Crippen LogP contribution in [0.2, 0.25) is 0 Å². The average Bonchev–Trinajstić information content (AvgIpc) is 3.12. The summed E-state index contributed by atoms with van der Waals surface area (Å²) in [5, 5.41) is 13.0. The molecule has 0 fully saturated rings. The van der Waals surface area contributed by atoms with Crippen LogP contribution in [0.3, 0.4) is 0 Å². The Hall–Kier alpha value is -2.93. The van der Waals surface area contributed by atoms with E-state index in [-0.39, 0.29) is 19.2 Å². The quantitative estimate of drug-likeness (QED) is 0.832. The van der Waals surface area contributed by atoms with E-state index in [0.29, 0.717) is 34.1 Å². The fourth-order valence-electron chi connectivity index (χ4n) is 2.51. The van der Waals surface area contributed by atoms with E-state index in [4.69, 9.17) is 18.9 Å². The normalized spacial score (nSPS) is 13.2. The minimum absolute atomic E-state index is 0.0583. The number of carbonyl (C=O) groups excluding carboxylic acids is 1. The Balaban J connectivity index is 1.63. The van der Waals surface area contributed by atoms with Crippen molar-refractivity contribution in [1.29, 1.82) is 0 Å². The fourth-order valence-corrected chi connectivity index (χ4v) is 2.51. The molecule has 2 N–H and O–H groups in total. The van der Waals surface area contributed by atoms with Gasteiger partial charge in [0.05, 0.1) is 20.3 Å². The van der Waals surface area contributed by atoms with E-state index in [2.05, 4.69) is 5.32 Å². The molecular formula is C18H19NO6. The Morgan fingerprint density at radius 3 is 2.64 bits per heavy atom. The highest BCUT2D eigenvalue weighted by Crippen LogP contribution is 2.32. The van der Waals surface area contributed by atoms with Crippen molar-refractivity contribution in [2.75, 3.05) is 27.6 Å². The first kappa shape index (κ1) is 16.9. The maximum Gasteiger partial charge on any atom is 0.251 e. The van der Waals surface area contributed by atoms with Gasteiger partial charge in [-0.3, -0.25) is 4.79 Å². The van der Waals surface area contributed by atoms with Crippen molar-refractivity contribution in [2.45, 2.75) is 6.10 Å². The molecule has 0 aromatic heterocycles. The number of fused-ring (bicyclic) bond motifs is 1. The van der Waals surface area contributed by atoms with Crippen LogP contribution in [0.4, 0.5) is 0 Å². The first-order valence-corrected chi connectivity index (χ1v) is 7.70. The molecular weight excluding hydrogens is 326 g/mol. The Morgan fingerprint density at radius 1 is 1.12 bits per heavy atom. The van der Waals surface area contributed by atoms with Crippen molar-refractivity contribution in [3.8, 4) is 23.0 Å². The number of carbonyl (C=O) groups is 1. The third-order valence-corrected chi connectivity index (χ3v) is 3.88. The third-order valence-electron chi connectivity index (χ3n) is 3.88. The summed E-state index contributed by atoms with van der Waals surface area (Å²) in [5.41, 5.74) is 1.05. The van der Waals surface area contributed by atoms with Gasteiger partial charge in [0.2, 0.25) is 6.79 Å². The molecule has 1 heterocycles. The number of rotatable bonds is 6. The zero-order valence-corrected chi connectivity index (χ0v) is 13.9. The highest BCUT2D eigenvalue weighted by atomic mass is 16.7. The van der Waals surface area contributed by atoms with Gasteiger partial charge in [0.25, 0.3) is 5.91 Å². The summed E-state index contributed by atoms with van der Waals surface area (Å²) in [5.74, 6) is 1.93. The molecule has 7 heteroatoms. The summed E-state index contributed by atoms with van der Waals surface area (Å²) in [6, 6.07) is 10.0. The molecule has 7 nitrogen and oxygen atoms in total. The summed E-state index contributed by atoms with van der Waals surface area (Å²) in [6.45, 7) is 0.210. The van der Waals surface area contributed by atoms with Crippen molar-refractivity contribution < 1.29 is 28.8 Å². The van der Waals surface area contributed by atoms with Crippen molar-refractivity contribution in [3.63, 3.8) is 0 Å². The number of hydrogen-bond acceptors (Lipinski definition) is 6. The number of nitrogens with one attached hydrogen (secondary N) is 1. The van der Waals surface area contributed by atoms with Crippen molar-refractivity contribution in [1.82, 2.24) is 5.32 Å². The van der Waals surface area contributed by atoms with Gasteiger partial charge in [-0.05, 0) is 35.9 Å². The summed E-state index contributed by atoms with van der Waals surface area (Å²) in [6.07, 6.45) is -0.877. The van der Waals surface area contributed by atoms with Crippen molar-refractivity contribution >= 4 is 5.91 Å². The highest BCUT2D eigenvalue weighted by Gasteiger charge is 2.17. The van der Waals surface area contributed by atoms with E-state index < -0.39 is 6.10 Å². The molecule has 2 aromatic rings. The molecule has 0 spiro atoms. The molecule has 1 unspecified atom stereocenters. The molecule has 1 aliphatic heterocycles. The number of benzene rings is 2. The third kappa shape index (κ3) is 3.61. The number of hydrogen-bond donors (Lipinski definition) is 2. The van der Waals surface area contributed by atoms with Crippen LogP contribution < -0.4 is 24.3 Å². The molecule has 0 radical (unpaired) electrons. The topological polar surface area (TPSA) is 86.3 Å². The lowest BCUT2D eigenvalue weighted by Crippen LogP contribution is -2.28. The van der Waals surface area contributed by atoms with Crippen LogP contribution in [0.25, 0.3) is 0 Å². The van der Waals surface area contributed by atoms with Gasteiger partial charge in [-0.25, -0.2) is 0 Å². The Bertz CT molecular complexity index is 776. The summed E-state index contributed by atoms with van der Waals surface area (Å²) in [7, 11) is 3.06. The number of aliphatic hydroxyl groups is 1. The van der Waals surface area contributed by atoms with Gasteiger partial charge in [-0.2, -0.15) is 0 Å². The molecule has 0 saturated carbocycles. The van der Waals surface area contributed by atoms with Crippen LogP contribution in [-0.2, 0) is 0 Å². The molecule has 25 heavy (non-hydrogen) atoms. The second-order valence-electron chi connectivity index (χ2n) is 5.41. The van der Waals surface area contributed by atoms with Gasteiger partial charge < -0.3 is 29.4 Å². The molecule has 1 aliphatic rings. The zero-order valence-electron chi connectivity index (χ0n) is 13.9. The van der Waals surface area contributed by atoms with E-state index in [9.17, 15) is 9.90 Å². The van der Waals surface area contributed by atoms with Crippen LogP contribution in [0, 0.1) is 0 Å². The minimum Gasteiger partial charge on any atom is -0.493 e. The molecule has 2 aromatic carbocycles. The van der Waals surface area contributed by atoms with Gasteiger partial charge >= 0.3 is 0 Å². The van der Waals surface area contributed by atoms with Crippen LogP contribution in [0.15, 0.2) is 36.4 Å². The predicted molar refractivity (Wildman–Crippen MR) is 89.4 cm³/mol. The number of methoxy groups -OCH3 is 2. The van der Waals surface area contributed by atoms with E-state index in [1.807, 2.05) is 0 Å². The van der Waals surface area contributed by atoms with E-state index >= 15 is 0 Å². The number of aliphatic hydroxyl groups excluding tert-OH is 1. The van der Waals surface area contributed by atoms with Gasteiger partial charge in [0, 0.05) is 12.1 Å². The average molecular weight is 345 g/mol. The molecule has 0 saturated heterocycles. The highest BCUT2D eigenvalue weighted by molar-refractivity contribution is 5.94. The lowest BCUT2D eigenvalue weighted by molar-refractivity contribution is 0.0915. The van der Waals surface area contributed by atoms with Crippen LogP contribution >= 0.6 is 0 Å². The van der Waals surface area contributed by atoms with Crippen LogP contribution in [-0.4, -0.2) is 38.6 Å². The second-order valence-corrected chi connectivity index (χ2v) is 5.41. The number of ether oxygens (including phenoxy) is 4. The molecule has 1 amide bonds. The maximum absolute atomic E-state index is 12.2. The standard InChI is InChI=1S/C18H19NO6/c1-22-14-5-3-11(7-16(14)23-2)13(20)9-19-18(21)12-4-6-15-17(8-12)25-10-24-15/h3-8,13,20H,9-10H2,1-2H3,(H,19,21). The Kier molecular flexibility index (Phi) is 4.95. The molecule has 132 valence electrons. The fraction of sp³-hybridized carbons (Fsp3) is 0.278. The second kappa shape index (κ2) is 7.31. The van der Waals surface area contributed by atoms with E-state index in [1.54, 1.807) is 43.5 Å². The largest absolute Gasteiger partial charge is 0.493 e. The lowest BCUT2D eigenvalue weighted by atomic mass is 10.1. The van der Waals surface area contributed by atoms with Gasteiger partial charge in [-0.1, -0.05) is 6.07 Å². The molecule has 0 bridgehead atoms. The van der Waals surface area contributed by atoms with Gasteiger partial charge in [-0.15, -0.1) is 0 Å². The van der Waals surface area contributed by atoms with Crippen LogP contribution in [0.5, 0.6) is 23.0 Å². The van der Waals surface area contributed by atoms with Gasteiger partial charge in [0.1, 0.15) is 0 Å². The molecule has 1 atom stereocenters. The van der Waals surface area contributed by atoms with E-state index in [0.717, 1.165) is 0 Å². The Morgan fingerprint density at radius 2 is 1.88 bits per heavy atom. The van der Waals surface area contributed by atoms with Crippen molar-refractivity contribution in [2.24, 2.45) is 0 Å². The zero-order chi connectivity index (χ0) is 17.8. The SMILES string of the molecule is COc1ccc(C(O)CNC(=O)c2ccc3c(c2)OCO3)cc1OC. The summed E-state index contributed by atoms with van der Waals surface area (Å²) >= 11 is 0. The first-order chi connectivity index (χ1) is 12.1. The first-order valence-electron chi connectivity index (χ1n) is 7.70. The maximum atomic E-state index is 12.2. The van der Waals surface area contributed by atoms with E-state index in [1.165, 1.54) is 7.11 Å². The smallest absolute Gasteiger partial charge is 0.251 e. The van der Waals surface area contributed by atoms with Gasteiger partial charge in [0.15, 0.2) is 23.0 Å². The summed E-state index contributed by atoms with van der Waals surface area (Å²) in [4.78, 5) is 12.2. The predicted octanol–water partition coefficient (Wildman–Crippen LogP) is 1.90. The number of amides is 1. The molecule has 3 rings (SSSR count). The monoisotopic (exact) mass is 345 g/mol. The van der Waals surface area contributed by atoms with Crippen molar-refractivity contribution in [3.05, 3.63) is 47.5 Å².